The second kappa shape index (κ2) is 11.1. The van der Waals surface area contributed by atoms with Gasteiger partial charge in [0.2, 0.25) is 10.0 Å². The van der Waals surface area contributed by atoms with E-state index in [2.05, 4.69) is 11.6 Å². The van der Waals surface area contributed by atoms with E-state index in [0.29, 0.717) is 22.0 Å². The zero-order valence-electron chi connectivity index (χ0n) is 15.3. The fourth-order valence-corrected chi connectivity index (χ4v) is 4.37. The van der Waals surface area contributed by atoms with Gasteiger partial charge in [-0.3, -0.25) is 0 Å². The van der Waals surface area contributed by atoms with Crippen molar-refractivity contribution in [2.45, 2.75) is 83.5 Å². The normalized spacial score (nSPS) is 11.8. The Labute approximate surface area is 153 Å². The molecular weight excluding hydrogens is 342 g/mol. The minimum absolute atomic E-state index is 0.334. The zero-order chi connectivity index (χ0) is 18.0. The molecule has 0 heterocycles. The Morgan fingerprint density at radius 1 is 0.875 bits per heavy atom. The van der Waals surface area contributed by atoms with Crippen molar-refractivity contribution in [1.29, 1.82) is 0 Å². The Hall–Kier alpha value is -0.580. The molecule has 0 aliphatic heterocycles. The molecule has 0 atom stereocenters. The average molecular weight is 374 g/mol. The van der Waals surface area contributed by atoms with Crippen molar-refractivity contribution in [3.05, 3.63) is 28.3 Å². The number of unbranched alkanes of at least 4 members (excludes halogenated alkanes) is 8. The number of hydrogen-bond acceptors (Lipinski definition) is 2. The smallest absolute Gasteiger partial charge is 0.211 e. The van der Waals surface area contributed by atoms with Crippen molar-refractivity contribution in [2.24, 2.45) is 0 Å². The molecule has 3 nitrogen and oxygen atoms in total. The fraction of sp³-hybridized carbons (Fsp3) is 0.684. The van der Waals surface area contributed by atoms with Gasteiger partial charge in [-0.05, 0) is 43.5 Å². The summed E-state index contributed by atoms with van der Waals surface area (Å²) in [7, 11) is -3.45. The topological polar surface area (TPSA) is 46.2 Å². The van der Waals surface area contributed by atoms with Crippen LogP contribution < -0.4 is 4.72 Å². The maximum Gasteiger partial charge on any atom is 0.240 e. The van der Waals surface area contributed by atoms with E-state index in [-0.39, 0.29) is 0 Å². The molecule has 0 aromatic heterocycles. The van der Waals surface area contributed by atoms with Gasteiger partial charge in [0.15, 0.2) is 0 Å². The van der Waals surface area contributed by atoms with Crippen LogP contribution in [0, 0.1) is 13.8 Å². The quantitative estimate of drug-likeness (QED) is 0.473. The average Bonchev–Trinajstić information content (AvgIpc) is 2.52. The lowest BCUT2D eigenvalue weighted by Crippen LogP contribution is -2.25. The Morgan fingerprint density at radius 3 is 2.00 bits per heavy atom. The first kappa shape index (κ1) is 21.5. The molecule has 0 fully saturated rings. The lowest BCUT2D eigenvalue weighted by atomic mass is 10.1. The van der Waals surface area contributed by atoms with Gasteiger partial charge < -0.3 is 0 Å². The molecule has 1 aromatic carbocycles. The largest absolute Gasteiger partial charge is 0.240 e. The van der Waals surface area contributed by atoms with E-state index in [4.69, 9.17) is 11.6 Å². The predicted octanol–water partition coefficient (Wildman–Crippen LogP) is 5.77. The Bertz CT molecular complexity index is 600. The fourth-order valence-electron chi connectivity index (χ4n) is 2.76. The molecule has 0 amide bonds. The monoisotopic (exact) mass is 373 g/mol. The summed E-state index contributed by atoms with van der Waals surface area (Å²) >= 11 is 6.04. The molecule has 24 heavy (non-hydrogen) atoms. The second-order valence-electron chi connectivity index (χ2n) is 6.59. The molecule has 1 aromatic rings. The van der Waals surface area contributed by atoms with Gasteiger partial charge in [-0.2, -0.15) is 0 Å². The first-order valence-electron chi connectivity index (χ1n) is 9.15. The van der Waals surface area contributed by atoms with Gasteiger partial charge in [0.05, 0.1) is 4.90 Å². The highest BCUT2D eigenvalue weighted by Gasteiger charge is 2.17. The maximum atomic E-state index is 12.4. The van der Waals surface area contributed by atoms with E-state index in [1.54, 1.807) is 19.1 Å². The molecule has 0 aliphatic rings. The highest BCUT2D eigenvalue weighted by atomic mass is 35.5. The van der Waals surface area contributed by atoms with E-state index < -0.39 is 10.0 Å². The van der Waals surface area contributed by atoms with Crippen LogP contribution in [0.3, 0.4) is 0 Å². The summed E-state index contributed by atoms with van der Waals surface area (Å²) in [5.74, 6) is 0. The van der Waals surface area contributed by atoms with Gasteiger partial charge in [0.1, 0.15) is 0 Å². The summed E-state index contributed by atoms with van der Waals surface area (Å²) < 4.78 is 27.5. The van der Waals surface area contributed by atoms with Crippen LogP contribution in [0.4, 0.5) is 0 Å². The summed E-state index contributed by atoms with van der Waals surface area (Å²) in [6.07, 6.45) is 11.0. The SMILES string of the molecule is CCCCCCCCCCCNS(=O)(=O)c1cc(C)c(Cl)cc1C. The van der Waals surface area contributed by atoms with E-state index in [0.717, 1.165) is 18.4 Å². The minimum atomic E-state index is -3.45. The summed E-state index contributed by atoms with van der Waals surface area (Å²) in [6.45, 7) is 6.33. The van der Waals surface area contributed by atoms with Crippen LogP contribution in [0.2, 0.25) is 5.02 Å². The van der Waals surface area contributed by atoms with E-state index >= 15 is 0 Å². The molecule has 0 bridgehead atoms. The van der Waals surface area contributed by atoms with Crippen LogP contribution in [-0.4, -0.2) is 15.0 Å². The van der Waals surface area contributed by atoms with Crippen molar-refractivity contribution < 1.29 is 8.42 Å². The number of sulfonamides is 1. The highest BCUT2D eigenvalue weighted by molar-refractivity contribution is 7.89. The molecule has 0 saturated heterocycles. The molecule has 0 radical (unpaired) electrons. The van der Waals surface area contributed by atoms with Crippen LogP contribution in [0.15, 0.2) is 17.0 Å². The number of halogens is 1. The predicted molar refractivity (Wildman–Crippen MR) is 103 cm³/mol. The van der Waals surface area contributed by atoms with Gasteiger partial charge in [-0.15, -0.1) is 0 Å². The third-order valence-electron chi connectivity index (χ3n) is 4.32. The van der Waals surface area contributed by atoms with Crippen molar-refractivity contribution in [2.75, 3.05) is 6.54 Å². The van der Waals surface area contributed by atoms with Crippen LogP contribution >= 0.6 is 11.6 Å². The first-order valence-corrected chi connectivity index (χ1v) is 11.0. The van der Waals surface area contributed by atoms with Gasteiger partial charge >= 0.3 is 0 Å². The van der Waals surface area contributed by atoms with Gasteiger partial charge in [0, 0.05) is 11.6 Å². The third kappa shape index (κ3) is 7.54. The highest BCUT2D eigenvalue weighted by Crippen LogP contribution is 2.23. The van der Waals surface area contributed by atoms with Gasteiger partial charge in [0.25, 0.3) is 0 Å². The van der Waals surface area contributed by atoms with Crippen LogP contribution in [0.25, 0.3) is 0 Å². The lowest BCUT2D eigenvalue weighted by molar-refractivity contribution is 0.553. The van der Waals surface area contributed by atoms with Gasteiger partial charge in [-0.25, -0.2) is 13.1 Å². The van der Waals surface area contributed by atoms with Crippen molar-refractivity contribution >= 4 is 21.6 Å². The van der Waals surface area contributed by atoms with Crippen molar-refractivity contribution in [3.63, 3.8) is 0 Å². The molecule has 0 saturated carbocycles. The molecule has 0 aliphatic carbocycles. The van der Waals surface area contributed by atoms with E-state index in [9.17, 15) is 8.42 Å². The van der Waals surface area contributed by atoms with Crippen LogP contribution in [0.1, 0.15) is 75.8 Å². The van der Waals surface area contributed by atoms with Crippen molar-refractivity contribution in [1.82, 2.24) is 4.72 Å². The molecule has 0 spiro atoms. The Morgan fingerprint density at radius 2 is 1.42 bits per heavy atom. The standard InChI is InChI=1S/C19H32ClNO2S/c1-4-5-6-7-8-9-10-11-12-13-21-24(22,23)19-15-16(2)18(20)14-17(19)3/h14-15,21H,4-13H2,1-3H3. The van der Waals surface area contributed by atoms with Crippen LogP contribution in [-0.2, 0) is 10.0 Å². The Kier molecular flexibility index (Phi) is 9.94. The molecule has 1 N–H and O–H groups in total. The number of hydrogen-bond donors (Lipinski definition) is 1. The number of benzene rings is 1. The lowest BCUT2D eigenvalue weighted by Gasteiger charge is -2.11. The third-order valence-corrected chi connectivity index (χ3v) is 6.33. The van der Waals surface area contributed by atoms with Crippen LogP contribution in [0.5, 0.6) is 0 Å². The summed E-state index contributed by atoms with van der Waals surface area (Å²) in [5.41, 5.74) is 1.47. The summed E-state index contributed by atoms with van der Waals surface area (Å²) in [4.78, 5) is 0.334. The number of aryl methyl sites for hydroxylation is 2. The molecule has 138 valence electrons. The number of rotatable bonds is 12. The van der Waals surface area contributed by atoms with E-state index in [1.807, 2.05) is 6.92 Å². The number of nitrogens with one attached hydrogen (secondary N) is 1. The van der Waals surface area contributed by atoms with Crippen molar-refractivity contribution in [3.8, 4) is 0 Å². The molecular formula is C19H32ClNO2S. The second-order valence-corrected chi connectivity index (χ2v) is 8.74. The van der Waals surface area contributed by atoms with E-state index in [1.165, 1.54) is 44.9 Å². The Balaban J connectivity index is 2.28. The molecule has 5 heteroatoms. The molecule has 1 rings (SSSR count). The summed E-state index contributed by atoms with van der Waals surface area (Å²) in [5, 5.41) is 0.602. The maximum absolute atomic E-state index is 12.4. The molecule has 0 unspecified atom stereocenters. The summed E-state index contributed by atoms with van der Waals surface area (Å²) in [6, 6.07) is 3.36. The zero-order valence-corrected chi connectivity index (χ0v) is 16.9. The minimum Gasteiger partial charge on any atom is -0.211 e. The first-order chi connectivity index (χ1) is 11.4. The van der Waals surface area contributed by atoms with Gasteiger partial charge in [-0.1, -0.05) is 69.9 Å².